The Hall–Kier alpha value is -1.77. The highest BCUT2D eigenvalue weighted by Gasteiger charge is 2.21. The van der Waals surface area contributed by atoms with Crippen LogP contribution >= 0.6 is 0 Å². The first-order chi connectivity index (χ1) is 11.1. The fourth-order valence-corrected chi connectivity index (χ4v) is 3.59. The molecule has 122 valence electrons. The SMILES string of the molecule is CC[C@H]1CC[C@H](c2ccc(-c3ccc(F)c(F)c3F)cc2)CC1. The summed E-state index contributed by atoms with van der Waals surface area (Å²) in [6, 6.07) is 9.84. The highest BCUT2D eigenvalue weighted by atomic mass is 19.2. The highest BCUT2D eigenvalue weighted by Crippen LogP contribution is 2.37. The van der Waals surface area contributed by atoms with Crippen LogP contribution in [-0.2, 0) is 0 Å². The maximum atomic E-state index is 13.9. The second kappa shape index (κ2) is 6.77. The van der Waals surface area contributed by atoms with Gasteiger partial charge in [-0.25, -0.2) is 13.2 Å². The zero-order valence-corrected chi connectivity index (χ0v) is 13.3. The summed E-state index contributed by atoms with van der Waals surface area (Å²) in [5.74, 6) is -2.29. The maximum Gasteiger partial charge on any atom is 0.195 e. The molecule has 0 bridgehead atoms. The molecule has 2 aromatic rings. The van der Waals surface area contributed by atoms with Gasteiger partial charge < -0.3 is 0 Å². The number of hydrogen-bond donors (Lipinski definition) is 0. The van der Waals surface area contributed by atoms with Crippen LogP contribution in [0.25, 0.3) is 11.1 Å². The quantitative estimate of drug-likeness (QED) is 0.570. The van der Waals surface area contributed by atoms with E-state index in [0.29, 0.717) is 11.5 Å². The fraction of sp³-hybridized carbons (Fsp3) is 0.400. The molecule has 1 aliphatic carbocycles. The van der Waals surface area contributed by atoms with Gasteiger partial charge in [0.25, 0.3) is 0 Å². The Morgan fingerprint density at radius 2 is 1.48 bits per heavy atom. The summed E-state index contributed by atoms with van der Waals surface area (Å²) >= 11 is 0. The van der Waals surface area contributed by atoms with Gasteiger partial charge in [-0.1, -0.05) is 37.6 Å². The third-order valence-electron chi connectivity index (χ3n) is 5.15. The minimum absolute atomic E-state index is 0.102. The van der Waals surface area contributed by atoms with Crippen LogP contribution in [0.3, 0.4) is 0 Å². The highest BCUT2D eigenvalue weighted by molar-refractivity contribution is 5.64. The number of rotatable bonds is 3. The second-order valence-electron chi connectivity index (χ2n) is 6.47. The number of hydrogen-bond acceptors (Lipinski definition) is 0. The first-order valence-corrected chi connectivity index (χ1v) is 8.34. The average Bonchev–Trinajstić information content (AvgIpc) is 2.60. The van der Waals surface area contributed by atoms with Gasteiger partial charge in [0.1, 0.15) is 0 Å². The Labute approximate surface area is 135 Å². The van der Waals surface area contributed by atoms with Gasteiger partial charge in [0.15, 0.2) is 17.5 Å². The molecular formula is C20H21F3. The van der Waals surface area contributed by atoms with Crippen LogP contribution < -0.4 is 0 Å². The van der Waals surface area contributed by atoms with Gasteiger partial charge in [0.05, 0.1) is 0 Å². The Morgan fingerprint density at radius 3 is 2.09 bits per heavy atom. The lowest BCUT2D eigenvalue weighted by Crippen LogP contribution is -2.12. The van der Waals surface area contributed by atoms with Crippen molar-refractivity contribution in [3.8, 4) is 11.1 Å². The van der Waals surface area contributed by atoms with Crippen molar-refractivity contribution >= 4 is 0 Å². The van der Waals surface area contributed by atoms with E-state index in [2.05, 4.69) is 6.92 Å². The zero-order valence-electron chi connectivity index (χ0n) is 13.3. The van der Waals surface area contributed by atoms with Crippen molar-refractivity contribution in [1.29, 1.82) is 0 Å². The summed E-state index contributed by atoms with van der Waals surface area (Å²) in [4.78, 5) is 0. The van der Waals surface area contributed by atoms with Crippen LogP contribution in [0.1, 0.15) is 50.5 Å². The molecule has 0 N–H and O–H groups in total. The van der Waals surface area contributed by atoms with E-state index in [4.69, 9.17) is 0 Å². The topological polar surface area (TPSA) is 0 Å². The van der Waals surface area contributed by atoms with Crippen molar-refractivity contribution < 1.29 is 13.2 Å². The van der Waals surface area contributed by atoms with E-state index in [0.717, 1.165) is 12.0 Å². The molecule has 1 fully saturated rings. The normalized spacial score (nSPS) is 21.4. The van der Waals surface area contributed by atoms with Gasteiger partial charge >= 0.3 is 0 Å². The smallest absolute Gasteiger partial charge is 0.195 e. The minimum atomic E-state index is -1.41. The van der Waals surface area contributed by atoms with Gasteiger partial charge in [-0.2, -0.15) is 0 Å². The van der Waals surface area contributed by atoms with E-state index in [1.807, 2.05) is 12.1 Å². The molecule has 0 spiro atoms. The summed E-state index contributed by atoms with van der Waals surface area (Å²) in [7, 11) is 0. The summed E-state index contributed by atoms with van der Waals surface area (Å²) in [6.45, 7) is 2.25. The van der Waals surface area contributed by atoms with E-state index >= 15 is 0 Å². The zero-order chi connectivity index (χ0) is 16.4. The molecular weight excluding hydrogens is 297 g/mol. The summed E-state index contributed by atoms with van der Waals surface area (Å²) in [5, 5.41) is 0. The summed E-state index contributed by atoms with van der Waals surface area (Å²) in [6.07, 6.45) is 6.16. The molecule has 0 nitrogen and oxygen atoms in total. The Kier molecular flexibility index (Phi) is 4.74. The molecule has 0 amide bonds. The Bertz CT molecular complexity index is 668. The molecule has 0 radical (unpaired) electrons. The molecule has 0 heterocycles. The van der Waals surface area contributed by atoms with Crippen molar-refractivity contribution in [2.24, 2.45) is 5.92 Å². The van der Waals surface area contributed by atoms with Crippen LogP contribution in [0.4, 0.5) is 13.2 Å². The minimum Gasteiger partial charge on any atom is -0.204 e. The molecule has 23 heavy (non-hydrogen) atoms. The van der Waals surface area contributed by atoms with E-state index in [9.17, 15) is 13.2 Å². The van der Waals surface area contributed by atoms with Gasteiger partial charge in [0.2, 0.25) is 0 Å². The first-order valence-electron chi connectivity index (χ1n) is 8.34. The van der Waals surface area contributed by atoms with E-state index in [1.54, 1.807) is 12.1 Å². The monoisotopic (exact) mass is 318 g/mol. The number of benzene rings is 2. The molecule has 3 heteroatoms. The van der Waals surface area contributed by atoms with Crippen LogP contribution in [-0.4, -0.2) is 0 Å². The van der Waals surface area contributed by atoms with Crippen LogP contribution in [0.15, 0.2) is 36.4 Å². The van der Waals surface area contributed by atoms with Crippen LogP contribution in [0.5, 0.6) is 0 Å². The van der Waals surface area contributed by atoms with Crippen LogP contribution in [0, 0.1) is 23.4 Å². The van der Waals surface area contributed by atoms with Crippen molar-refractivity contribution in [1.82, 2.24) is 0 Å². The molecule has 0 aromatic heterocycles. The predicted octanol–water partition coefficient (Wildman–Crippen LogP) is 6.45. The Morgan fingerprint density at radius 1 is 0.826 bits per heavy atom. The maximum absolute atomic E-state index is 13.9. The van der Waals surface area contributed by atoms with Gasteiger partial charge in [-0.3, -0.25) is 0 Å². The van der Waals surface area contributed by atoms with Crippen LogP contribution in [0.2, 0.25) is 0 Å². The summed E-state index contributed by atoms with van der Waals surface area (Å²) in [5.41, 5.74) is 1.93. The van der Waals surface area contributed by atoms with Crippen molar-refractivity contribution in [2.75, 3.05) is 0 Å². The third kappa shape index (κ3) is 3.29. The lowest BCUT2D eigenvalue weighted by atomic mass is 9.77. The molecule has 2 aromatic carbocycles. The molecule has 0 saturated heterocycles. The summed E-state index contributed by atoms with van der Waals surface area (Å²) < 4.78 is 40.3. The first kappa shape index (κ1) is 16.1. The number of halogens is 3. The predicted molar refractivity (Wildman–Crippen MR) is 86.7 cm³/mol. The molecule has 0 unspecified atom stereocenters. The standard InChI is InChI=1S/C20H21F3/c1-2-13-3-5-14(6-4-13)15-7-9-16(10-8-15)17-11-12-18(21)20(23)19(17)22/h7-14H,2-6H2,1H3/t13-,14-. The average molecular weight is 318 g/mol. The molecule has 0 atom stereocenters. The van der Waals surface area contributed by atoms with E-state index < -0.39 is 17.5 Å². The molecule has 1 saturated carbocycles. The van der Waals surface area contributed by atoms with Crippen molar-refractivity contribution in [2.45, 2.75) is 44.9 Å². The fourth-order valence-electron chi connectivity index (χ4n) is 3.59. The largest absolute Gasteiger partial charge is 0.204 e. The third-order valence-corrected chi connectivity index (χ3v) is 5.15. The Balaban J connectivity index is 1.79. The van der Waals surface area contributed by atoms with E-state index in [-0.39, 0.29) is 5.56 Å². The lowest BCUT2D eigenvalue weighted by molar-refractivity contribution is 0.319. The van der Waals surface area contributed by atoms with Crippen molar-refractivity contribution in [3.63, 3.8) is 0 Å². The van der Waals surface area contributed by atoms with Crippen molar-refractivity contribution in [3.05, 3.63) is 59.4 Å². The van der Waals surface area contributed by atoms with Gasteiger partial charge in [0, 0.05) is 5.56 Å². The molecule has 0 aliphatic heterocycles. The van der Waals surface area contributed by atoms with Gasteiger partial charge in [-0.15, -0.1) is 0 Å². The molecule has 3 rings (SSSR count). The van der Waals surface area contributed by atoms with Gasteiger partial charge in [-0.05, 0) is 60.8 Å². The lowest BCUT2D eigenvalue weighted by Gasteiger charge is -2.28. The van der Waals surface area contributed by atoms with E-state index in [1.165, 1.54) is 43.7 Å². The second-order valence-corrected chi connectivity index (χ2v) is 6.47. The molecule has 1 aliphatic rings.